The Kier molecular flexibility index (Phi) is 5.36. The molecule has 0 aliphatic carbocycles. The van der Waals surface area contributed by atoms with Crippen LogP contribution in [0, 0.1) is 0 Å². The molecule has 0 fully saturated rings. The van der Waals surface area contributed by atoms with Gasteiger partial charge in [-0.3, -0.25) is 4.79 Å². The third kappa shape index (κ3) is 4.23. The largest absolute Gasteiger partial charge is 0.355 e. The second-order valence-corrected chi connectivity index (χ2v) is 4.95. The van der Waals surface area contributed by atoms with Crippen molar-refractivity contribution < 1.29 is 4.79 Å². The van der Waals surface area contributed by atoms with E-state index in [0.717, 1.165) is 6.42 Å². The minimum absolute atomic E-state index is 0.110. The van der Waals surface area contributed by atoms with Crippen LogP contribution < -0.4 is 5.32 Å². The lowest BCUT2D eigenvalue weighted by atomic mass is 9.92. The molecule has 20 heavy (non-hydrogen) atoms. The topological polar surface area (TPSA) is 29.1 Å². The summed E-state index contributed by atoms with van der Waals surface area (Å²) in [7, 11) is 0. The third-order valence-electron chi connectivity index (χ3n) is 3.46. The van der Waals surface area contributed by atoms with Gasteiger partial charge in [-0.15, -0.1) is 0 Å². The van der Waals surface area contributed by atoms with Gasteiger partial charge in [0.15, 0.2) is 0 Å². The Morgan fingerprint density at radius 2 is 1.60 bits per heavy atom. The number of benzene rings is 2. The summed E-state index contributed by atoms with van der Waals surface area (Å²) >= 11 is 0. The van der Waals surface area contributed by atoms with Crippen molar-refractivity contribution in [1.29, 1.82) is 0 Å². The lowest BCUT2D eigenvalue weighted by Crippen LogP contribution is -2.28. The van der Waals surface area contributed by atoms with Gasteiger partial charge < -0.3 is 5.32 Å². The van der Waals surface area contributed by atoms with Gasteiger partial charge in [-0.25, -0.2) is 0 Å². The summed E-state index contributed by atoms with van der Waals surface area (Å²) in [5.74, 6) is 0.424. The van der Waals surface area contributed by atoms with Gasteiger partial charge in [-0.05, 0) is 17.5 Å². The van der Waals surface area contributed by atoms with Crippen LogP contribution in [0.4, 0.5) is 0 Å². The summed E-state index contributed by atoms with van der Waals surface area (Å²) in [5, 5.41) is 3.01. The molecule has 2 heteroatoms. The van der Waals surface area contributed by atoms with Crippen LogP contribution in [0.3, 0.4) is 0 Å². The monoisotopic (exact) mass is 267 g/mol. The zero-order valence-corrected chi connectivity index (χ0v) is 11.9. The van der Waals surface area contributed by atoms with E-state index in [9.17, 15) is 4.79 Å². The molecular weight excluding hydrogens is 246 g/mol. The average molecular weight is 267 g/mol. The molecule has 0 spiro atoms. The maximum Gasteiger partial charge on any atom is 0.219 e. The van der Waals surface area contributed by atoms with Crippen molar-refractivity contribution in [2.75, 3.05) is 6.54 Å². The maximum atomic E-state index is 11.5. The van der Waals surface area contributed by atoms with E-state index in [2.05, 4.69) is 53.8 Å². The van der Waals surface area contributed by atoms with Crippen molar-refractivity contribution in [3.05, 3.63) is 71.8 Å². The van der Waals surface area contributed by atoms with Crippen LogP contribution in [-0.4, -0.2) is 12.5 Å². The number of hydrogen-bond donors (Lipinski definition) is 1. The number of hydrogen-bond acceptors (Lipinski definition) is 1. The quantitative estimate of drug-likeness (QED) is 0.852. The van der Waals surface area contributed by atoms with E-state index in [0.29, 0.717) is 18.9 Å². The zero-order chi connectivity index (χ0) is 14.2. The van der Waals surface area contributed by atoms with Gasteiger partial charge in [0.25, 0.3) is 0 Å². The standard InChI is InChI=1S/C18H21NO/c1-2-18(20)19-14-17(16-11-7-4-8-12-16)13-15-9-5-3-6-10-15/h3-12,17H,2,13-14H2,1H3,(H,19,20). The number of amides is 1. The van der Waals surface area contributed by atoms with Crippen LogP contribution >= 0.6 is 0 Å². The molecule has 0 aliphatic heterocycles. The average Bonchev–Trinajstić information content (AvgIpc) is 2.53. The molecule has 0 radical (unpaired) electrons. The summed E-state index contributed by atoms with van der Waals surface area (Å²) < 4.78 is 0. The molecule has 0 saturated carbocycles. The predicted octanol–water partition coefficient (Wildman–Crippen LogP) is 3.54. The number of carbonyl (C=O) groups is 1. The minimum Gasteiger partial charge on any atom is -0.355 e. The lowest BCUT2D eigenvalue weighted by Gasteiger charge is -2.18. The van der Waals surface area contributed by atoms with Crippen molar-refractivity contribution in [2.24, 2.45) is 0 Å². The first kappa shape index (κ1) is 14.3. The first-order valence-electron chi connectivity index (χ1n) is 7.15. The van der Waals surface area contributed by atoms with Crippen molar-refractivity contribution in [3.8, 4) is 0 Å². The number of carbonyl (C=O) groups excluding carboxylic acids is 1. The highest BCUT2D eigenvalue weighted by molar-refractivity contribution is 5.75. The molecule has 0 aromatic heterocycles. The molecule has 2 rings (SSSR count). The fraction of sp³-hybridized carbons (Fsp3) is 0.278. The molecule has 2 aromatic carbocycles. The molecule has 0 heterocycles. The summed E-state index contributed by atoms with van der Waals surface area (Å²) in [6, 6.07) is 20.8. The molecule has 2 nitrogen and oxygen atoms in total. The van der Waals surface area contributed by atoms with E-state index in [4.69, 9.17) is 0 Å². The molecular formula is C18H21NO. The SMILES string of the molecule is CCC(=O)NCC(Cc1ccccc1)c1ccccc1. The molecule has 1 N–H and O–H groups in total. The predicted molar refractivity (Wildman–Crippen MR) is 82.6 cm³/mol. The summed E-state index contributed by atoms with van der Waals surface area (Å²) in [4.78, 5) is 11.5. The Hall–Kier alpha value is -2.09. The molecule has 2 aromatic rings. The normalized spacial score (nSPS) is 11.8. The lowest BCUT2D eigenvalue weighted by molar-refractivity contribution is -0.120. The fourth-order valence-corrected chi connectivity index (χ4v) is 2.29. The van der Waals surface area contributed by atoms with E-state index >= 15 is 0 Å². The van der Waals surface area contributed by atoms with Crippen molar-refractivity contribution in [2.45, 2.75) is 25.7 Å². The van der Waals surface area contributed by atoms with Gasteiger partial charge in [0.05, 0.1) is 0 Å². The van der Waals surface area contributed by atoms with Crippen molar-refractivity contribution in [3.63, 3.8) is 0 Å². The van der Waals surface area contributed by atoms with Crippen LogP contribution in [-0.2, 0) is 11.2 Å². The van der Waals surface area contributed by atoms with Gasteiger partial charge in [0.2, 0.25) is 5.91 Å². The Labute approximate surface area is 120 Å². The van der Waals surface area contributed by atoms with Crippen molar-refractivity contribution in [1.82, 2.24) is 5.32 Å². The minimum atomic E-state index is 0.110. The molecule has 1 unspecified atom stereocenters. The van der Waals surface area contributed by atoms with Gasteiger partial charge in [0.1, 0.15) is 0 Å². The molecule has 0 saturated heterocycles. The Morgan fingerprint density at radius 3 is 2.20 bits per heavy atom. The van der Waals surface area contributed by atoms with E-state index in [1.807, 2.05) is 19.1 Å². The number of nitrogens with one attached hydrogen (secondary N) is 1. The van der Waals surface area contributed by atoms with Gasteiger partial charge in [-0.1, -0.05) is 67.6 Å². The zero-order valence-electron chi connectivity index (χ0n) is 11.9. The van der Waals surface area contributed by atoms with Crippen LogP contribution in [0.1, 0.15) is 30.4 Å². The molecule has 0 bridgehead atoms. The molecule has 0 aliphatic rings. The smallest absolute Gasteiger partial charge is 0.219 e. The van der Waals surface area contributed by atoms with E-state index in [1.54, 1.807) is 0 Å². The van der Waals surface area contributed by atoms with Crippen molar-refractivity contribution >= 4 is 5.91 Å². The van der Waals surface area contributed by atoms with Crippen LogP contribution in [0.25, 0.3) is 0 Å². The summed E-state index contributed by atoms with van der Waals surface area (Å²) in [6.07, 6.45) is 1.47. The third-order valence-corrected chi connectivity index (χ3v) is 3.46. The molecule has 1 atom stereocenters. The van der Waals surface area contributed by atoms with Crippen LogP contribution in [0.15, 0.2) is 60.7 Å². The van der Waals surface area contributed by atoms with E-state index < -0.39 is 0 Å². The number of rotatable bonds is 6. The Bertz CT molecular complexity index is 522. The van der Waals surface area contributed by atoms with Crippen LogP contribution in [0.2, 0.25) is 0 Å². The van der Waals surface area contributed by atoms with E-state index in [1.165, 1.54) is 11.1 Å². The highest BCUT2D eigenvalue weighted by atomic mass is 16.1. The fourth-order valence-electron chi connectivity index (χ4n) is 2.29. The van der Waals surface area contributed by atoms with Crippen LogP contribution in [0.5, 0.6) is 0 Å². The van der Waals surface area contributed by atoms with Gasteiger partial charge in [0, 0.05) is 18.9 Å². The first-order valence-corrected chi connectivity index (χ1v) is 7.15. The van der Waals surface area contributed by atoms with E-state index in [-0.39, 0.29) is 5.91 Å². The highest BCUT2D eigenvalue weighted by Gasteiger charge is 2.13. The highest BCUT2D eigenvalue weighted by Crippen LogP contribution is 2.20. The second-order valence-electron chi connectivity index (χ2n) is 4.95. The Morgan fingerprint density at radius 1 is 1.00 bits per heavy atom. The maximum absolute atomic E-state index is 11.5. The second kappa shape index (κ2) is 7.49. The molecule has 1 amide bonds. The van der Waals surface area contributed by atoms with Gasteiger partial charge in [-0.2, -0.15) is 0 Å². The summed E-state index contributed by atoms with van der Waals surface area (Å²) in [6.45, 7) is 2.57. The first-order chi connectivity index (χ1) is 9.79. The molecule has 104 valence electrons. The van der Waals surface area contributed by atoms with Gasteiger partial charge >= 0.3 is 0 Å². The Balaban J connectivity index is 2.10. The summed E-state index contributed by atoms with van der Waals surface area (Å²) in [5.41, 5.74) is 2.57.